The summed E-state index contributed by atoms with van der Waals surface area (Å²) >= 11 is 15.3. The number of carbonyl (C=O) groups excluding carboxylic acids is 4. The first kappa shape index (κ1) is 71.4. The third-order valence-electron chi connectivity index (χ3n) is 16.6. The summed E-state index contributed by atoms with van der Waals surface area (Å²) in [5.74, 6) is -2.54. The minimum atomic E-state index is -4.25. The Morgan fingerprint density at radius 2 is 1.10 bits per heavy atom. The van der Waals surface area contributed by atoms with E-state index in [4.69, 9.17) is 66.5 Å². The van der Waals surface area contributed by atoms with Crippen molar-refractivity contribution in [1.82, 2.24) is 25.2 Å². The van der Waals surface area contributed by atoms with E-state index >= 15 is 0 Å². The van der Waals surface area contributed by atoms with Gasteiger partial charge in [-0.25, -0.2) is 30.2 Å². The molecule has 0 saturated heterocycles. The van der Waals surface area contributed by atoms with Crippen LogP contribution < -0.4 is 31.9 Å². The SMILES string of the molecule is CB(O)N[C@H](C(=O)O[C@H]1C[C@H](Nc2ncncc2C(=O)c2cc([C@@H]3OCCc4ccc(Cl)cc43)c(C)s2)C[C@@H]1COS(N)(=O)=O)C(C)C.Cc1sc(C(=O)c2cncnc2N[C@@H]2C[C@H](COS(N)(=O)=O)[C@@H](OC(=O)[C@@H](N)C(C)C)C2)cc1[C@@H]1OCCc2ccc(Cl)cc21. The Balaban J connectivity index is 0.000000220. The highest BCUT2D eigenvalue weighted by molar-refractivity contribution is 7.84. The molecule has 0 amide bonds. The van der Waals surface area contributed by atoms with Crippen LogP contribution >= 0.6 is 45.9 Å². The van der Waals surface area contributed by atoms with Crippen LogP contribution in [-0.4, -0.2) is 135 Å². The van der Waals surface area contributed by atoms with Crippen molar-refractivity contribution in [1.29, 1.82) is 0 Å². The van der Waals surface area contributed by atoms with Crippen LogP contribution in [0.4, 0.5) is 11.6 Å². The first-order valence-corrected chi connectivity index (χ1v) is 35.5. The zero-order valence-electron chi connectivity index (χ0n) is 52.1. The maximum absolute atomic E-state index is 13.9. The lowest BCUT2D eigenvalue weighted by Gasteiger charge is -2.26. The van der Waals surface area contributed by atoms with Crippen molar-refractivity contribution in [3.63, 3.8) is 0 Å². The number of nitrogens with one attached hydrogen (secondary N) is 3. The molecule has 0 bridgehead atoms. The fourth-order valence-corrected chi connectivity index (χ4v) is 15.0. The highest BCUT2D eigenvalue weighted by atomic mass is 35.5. The third-order valence-corrected chi connectivity index (χ3v) is 20.2. The maximum atomic E-state index is 13.9. The molecule has 10 N–H and O–H groups in total. The zero-order chi connectivity index (χ0) is 67.2. The van der Waals surface area contributed by atoms with Gasteiger partial charge in [0.2, 0.25) is 11.6 Å². The smallest absolute Gasteiger partial charge is 0.374 e. The van der Waals surface area contributed by atoms with E-state index < -0.39 is 75.7 Å². The molecule has 2 saturated carbocycles. The maximum Gasteiger partial charge on any atom is 0.374 e. The Labute approximate surface area is 558 Å². The van der Waals surface area contributed by atoms with Gasteiger partial charge < -0.3 is 45.6 Å². The number of thiophene rings is 2. The molecule has 4 aliphatic rings. The lowest BCUT2D eigenvalue weighted by Crippen LogP contribution is -2.49. The highest BCUT2D eigenvalue weighted by Gasteiger charge is 2.42. The summed E-state index contributed by atoms with van der Waals surface area (Å²) in [6, 6.07) is 12.9. The Hall–Kier alpha value is -5.94. The number of nitrogens with two attached hydrogens (primary N) is 3. The summed E-state index contributed by atoms with van der Waals surface area (Å²) in [5, 5.41) is 30.5. The number of ether oxygens (including phenoxy) is 4. The molecule has 0 unspecified atom stereocenters. The normalized spacial score (nSPS) is 21.8. The average Bonchev–Trinajstić information content (AvgIpc) is 1.73. The quantitative estimate of drug-likeness (QED) is 0.0180. The second-order valence-corrected chi connectivity index (χ2v) is 30.0. The number of anilines is 2. The summed E-state index contributed by atoms with van der Waals surface area (Å²) in [7, 11) is -9.41. The fourth-order valence-electron chi connectivity index (χ4n) is 11.9. The molecule has 2 aliphatic carbocycles. The van der Waals surface area contributed by atoms with Crippen LogP contribution in [0.25, 0.3) is 0 Å². The van der Waals surface area contributed by atoms with E-state index in [1.165, 1.54) is 54.5 Å². The number of esters is 2. The molecule has 0 radical (unpaired) electrons. The lowest BCUT2D eigenvalue weighted by atomic mass is 9.85. The number of ketones is 2. The molecule has 6 aromatic rings. The number of aromatic nitrogens is 4. The molecular formula is C61H75BCl2N10O15S4. The minimum absolute atomic E-state index is 0.153. The van der Waals surface area contributed by atoms with E-state index in [9.17, 15) is 41.0 Å². The number of benzene rings is 2. The van der Waals surface area contributed by atoms with Gasteiger partial charge in [0.25, 0.3) is 0 Å². The number of rotatable bonds is 24. The van der Waals surface area contributed by atoms with Gasteiger partial charge in [0.05, 0.1) is 47.3 Å². The molecule has 4 aromatic heterocycles. The monoisotopic (exact) mass is 1400 g/mol. The molecule has 10 atom stereocenters. The van der Waals surface area contributed by atoms with Crippen molar-refractivity contribution in [2.75, 3.05) is 37.1 Å². The average molecular weight is 1400 g/mol. The second kappa shape index (κ2) is 30.9. The molecule has 10 rings (SSSR count). The van der Waals surface area contributed by atoms with Gasteiger partial charge >= 0.3 is 39.6 Å². The van der Waals surface area contributed by atoms with Crippen molar-refractivity contribution < 1.29 is 68.4 Å². The topological polar surface area (TPSA) is 378 Å². The van der Waals surface area contributed by atoms with Gasteiger partial charge in [0, 0.05) is 69.0 Å². The number of hydrogen-bond acceptors (Lipinski definition) is 25. The van der Waals surface area contributed by atoms with E-state index in [0.717, 1.165) is 56.0 Å². The molecule has 25 nitrogen and oxygen atoms in total. The van der Waals surface area contributed by atoms with Gasteiger partial charge in [-0.1, -0.05) is 63.0 Å². The summed E-state index contributed by atoms with van der Waals surface area (Å²) < 4.78 is 79.8. The van der Waals surface area contributed by atoms with Crippen molar-refractivity contribution in [3.8, 4) is 0 Å². The first-order valence-electron chi connectivity index (χ1n) is 30.2. The molecule has 32 heteroatoms. The van der Waals surface area contributed by atoms with Gasteiger partial charge in [-0.2, -0.15) is 16.8 Å². The molecule has 500 valence electrons. The zero-order valence-corrected chi connectivity index (χ0v) is 56.9. The molecular weight excluding hydrogens is 1320 g/mol. The second-order valence-electron chi connectivity index (χ2n) is 24.1. The van der Waals surface area contributed by atoms with E-state index in [2.05, 4.69) is 35.8 Å². The molecule has 93 heavy (non-hydrogen) atoms. The summed E-state index contributed by atoms with van der Waals surface area (Å²) in [6.07, 6.45) is 6.23. The van der Waals surface area contributed by atoms with Gasteiger partial charge in [0.15, 0.2) is 0 Å². The number of halogens is 2. The predicted octanol–water partition coefficient (Wildman–Crippen LogP) is 7.14. The number of aryl methyl sites for hydroxylation is 2. The Bertz CT molecular complexity index is 3940. The number of carbonyl (C=O) groups is 4. The van der Waals surface area contributed by atoms with E-state index in [-0.39, 0.29) is 84.3 Å². The van der Waals surface area contributed by atoms with Crippen LogP contribution in [-0.2, 0) is 70.4 Å². The van der Waals surface area contributed by atoms with Crippen molar-refractivity contribution >= 4 is 109 Å². The molecule has 2 fully saturated rings. The van der Waals surface area contributed by atoms with Gasteiger partial charge in [-0.05, 0) is 128 Å². The van der Waals surface area contributed by atoms with Gasteiger partial charge in [0.1, 0.15) is 60.8 Å². The van der Waals surface area contributed by atoms with Crippen molar-refractivity contribution in [2.45, 2.75) is 135 Å². The third kappa shape index (κ3) is 18.3. The van der Waals surface area contributed by atoms with Gasteiger partial charge in [-0.15, -0.1) is 22.7 Å². The van der Waals surface area contributed by atoms with Crippen LogP contribution in [0.1, 0.15) is 139 Å². The molecule has 0 spiro atoms. The fraction of sp³-hybridized carbons (Fsp3) is 0.475. The highest BCUT2D eigenvalue weighted by Crippen LogP contribution is 2.42. The number of hydrogen-bond donors (Lipinski definition) is 7. The number of nitrogens with zero attached hydrogens (tertiary/aromatic N) is 4. The van der Waals surface area contributed by atoms with E-state index in [0.29, 0.717) is 58.1 Å². The Kier molecular flexibility index (Phi) is 23.7. The first-order chi connectivity index (χ1) is 44.0. The Morgan fingerprint density at radius 1 is 0.667 bits per heavy atom. The summed E-state index contributed by atoms with van der Waals surface area (Å²) in [4.78, 5) is 73.3. The predicted molar refractivity (Wildman–Crippen MR) is 352 cm³/mol. The van der Waals surface area contributed by atoms with Crippen LogP contribution in [0, 0.1) is 37.5 Å². The standard InChI is InChI=1S/C31H39BClN5O8S2.C30H36ClN5O7S2/c1-16(2)27(38-32(4)41)31(40)46-25-11-21(9-19(25)14-45-48(34,42)43)37-30-24(13-35-15-36-30)28(39)26-12-22(17(3)47-26)29-23-10-20(33)6-5-18(23)7-8-44-29;1-15(2)26(32)30(38)43-24-10-20(8-18(24)13-42-45(33,39)40)36-29-23(12-34-14-35-29)27(37)25-11-21(16(3)44-25)28-22-9-19(31)5-4-17(22)6-7-41-28/h5-6,10,12-13,15-16,19,21,25,27,29,38,41H,7-9,11,14H2,1-4H3,(H2,34,42,43)(H,35,36,37);4-5,9,11-12,14-15,18,20,24,26,28H,6-8,10,13,32H2,1-3H3,(H2,33,39,40)(H,34,35,36)/t19-,21-,25+,27+,29+;18-,20-,24+,26+,28+/m11/s1. The van der Waals surface area contributed by atoms with Crippen molar-refractivity contribution in [3.05, 3.63) is 148 Å². The van der Waals surface area contributed by atoms with Crippen LogP contribution in [0.3, 0.4) is 0 Å². The van der Waals surface area contributed by atoms with E-state index in [1.54, 1.807) is 13.8 Å². The summed E-state index contributed by atoms with van der Waals surface area (Å²) in [6.45, 7) is 13.1. The Morgan fingerprint density at radius 3 is 1.49 bits per heavy atom. The lowest BCUT2D eigenvalue weighted by molar-refractivity contribution is -0.155. The molecule has 2 aliphatic heterocycles. The number of fused-ring (bicyclic) bond motifs is 2. The van der Waals surface area contributed by atoms with Crippen LogP contribution in [0.2, 0.25) is 16.9 Å². The van der Waals surface area contributed by atoms with Crippen LogP contribution in [0.15, 0.2) is 73.6 Å². The molecule has 2 aromatic carbocycles. The van der Waals surface area contributed by atoms with E-state index in [1.807, 2.05) is 76.2 Å². The molecule has 6 heterocycles. The van der Waals surface area contributed by atoms with Crippen LogP contribution in [0.5, 0.6) is 0 Å². The minimum Gasteiger partial charge on any atom is -0.461 e. The largest absolute Gasteiger partial charge is 0.461 e. The van der Waals surface area contributed by atoms with Gasteiger partial charge in [-0.3, -0.25) is 27.5 Å². The summed E-state index contributed by atoms with van der Waals surface area (Å²) in [5.41, 5.74) is 12.6. The van der Waals surface area contributed by atoms with Crippen molar-refractivity contribution in [2.24, 2.45) is 39.7 Å².